The van der Waals surface area contributed by atoms with Gasteiger partial charge in [-0.2, -0.15) is 0 Å². The van der Waals surface area contributed by atoms with E-state index >= 15 is 0 Å². The predicted molar refractivity (Wildman–Crippen MR) is 36.8 cm³/mol. The van der Waals surface area contributed by atoms with E-state index in [9.17, 15) is 0 Å². The molecular weight excluding hydrogens is 112 g/mol. The van der Waals surface area contributed by atoms with Crippen LogP contribution >= 0.6 is 0 Å². The second kappa shape index (κ2) is 2.70. The molecule has 0 unspecified atom stereocenters. The summed E-state index contributed by atoms with van der Waals surface area (Å²) in [7, 11) is 0. The van der Waals surface area contributed by atoms with Crippen molar-refractivity contribution in [2.24, 2.45) is 0 Å². The van der Waals surface area contributed by atoms with E-state index in [0.717, 1.165) is 12.8 Å². The molecule has 1 aliphatic rings. The van der Waals surface area contributed by atoms with Crippen LogP contribution in [-0.2, 0) is 0 Å². The number of rotatable bonds is 1. The average molecular weight is 122 g/mol. The van der Waals surface area contributed by atoms with Crippen LogP contribution in [0.5, 0.6) is 0 Å². The Labute approximate surface area is 55.4 Å². The summed E-state index contributed by atoms with van der Waals surface area (Å²) in [5, 5.41) is 9.01. The van der Waals surface area contributed by atoms with Crippen molar-refractivity contribution in [3.63, 3.8) is 0 Å². The van der Waals surface area contributed by atoms with Gasteiger partial charge in [0.15, 0.2) is 0 Å². The second-order valence-corrected chi connectivity index (χ2v) is 2.34. The van der Waals surface area contributed by atoms with Crippen molar-refractivity contribution >= 4 is 0 Å². The van der Waals surface area contributed by atoms with Gasteiger partial charge in [-0.05, 0) is 12.8 Å². The molecule has 0 aliphatic heterocycles. The quantitative estimate of drug-likeness (QED) is 0.407. The average Bonchev–Trinajstić information content (AvgIpc) is 2.17. The van der Waals surface area contributed by atoms with Crippen molar-refractivity contribution in [2.75, 3.05) is 0 Å². The number of terminal acetylenes is 1. The molecule has 0 heterocycles. The lowest BCUT2D eigenvalue weighted by molar-refractivity contribution is 0.187. The van der Waals surface area contributed by atoms with Gasteiger partial charge in [-0.3, -0.25) is 0 Å². The zero-order valence-corrected chi connectivity index (χ0v) is 5.30. The number of hydrogen-bond acceptors (Lipinski definition) is 1. The summed E-state index contributed by atoms with van der Waals surface area (Å²) in [6, 6.07) is 0. The molecule has 0 aromatic heterocycles. The molecular formula is C8H10O. The van der Waals surface area contributed by atoms with E-state index < -0.39 is 0 Å². The molecule has 1 heteroatoms. The Morgan fingerprint density at radius 3 is 3.11 bits per heavy atom. The van der Waals surface area contributed by atoms with Crippen LogP contribution in [0.25, 0.3) is 0 Å². The van der Waals surface area contributed by atoms with Gasteiger partial charge >= 0.3 is 0 Å². The maximum atomic E-state index is 9.01. The number of aliphatic hydroxyl groups is 1. The molecule has 1 rings (SSSR count). The molecule has 0 aromatic carbocycles. The molecule has 9 heavy (non-hydrogen) atoms. The molecule has 48 valence electrons. The van der Waals surface area contributed by atoms with Gasteiger partial charge in [-0.25, -0.2) is 0 Å². The van der Waals surface area contributed by atoms with Crippen molar-refractivity contribution in [2.45, 2.75) is 25.4 Å². The largest absolute Gasteiger partial charge is 0.392 e. The van der Waals surface area contributed by atoms with Crippen molar-refractivity contribution in [1.82, 2.24) is 0 Å². The van der Waals surface area contributed by atoms with Crippen molar-refractivity contribution in [3.05, 3.63) is 11.6 Å². The Morgan fingerprint density at radius 1 is 1.89 bits per heavy atom. The third-order valence-electron chi connectivity index (χ3n) is 1.51. The molecule has 0 radical (unpaired) electrons. The fraction of sp³-hybridized carbons (Fsp3) is 0.500. The molecule has 0 spiro atoms. The third kappa shape index (κ3) is 1.58. The first kappa shape index (κ1) is 6.38. The number of aliphatic hydroxyl groups excluding tert-OH is 1. The van der Waals surface area contributed by atoms with Crippen LogP contribution in [0, 0.1) is 12.3 Å². The molecule has 1 aliphatic carbocycles. The molecule has 0 bridgehead atoms. The summed E-state index contributed by atoms with van der Waals surface area (Å²) in [6.45, 7) is 0. The van der Waals surface area contributed by atoms with Crippen molar-refractivity contribution < 1.29 is 5.11 Å². The maximum Gasteiger partial charge on any atom is 0.0612 e. The highest BCUT2D eigenvalue weighted by molar-refractivity contribution is 5.16. The molecule has 0 amide bonds. The van der Waals surface area contributed by atoms with Crippen LogP contribution in [-0.4, -0.2) is 11.2 Å². The highest BCUT2D eigenvalue weighted by atomic mass is 16.3. The van der Waals surface area contributed by atoms with E-state index in [0.29, 0.717) is 6.42 Å². The van der Waals surface area contributed by atoms with E-state index in [1.807, 2.05) is 6.08 Å². The SMILES string of the molecule is C#CCC1=CC[C@H](O)C1. The van der Waals surface area contributed by atoms with Gasteiger partial charge in [0.25, 0.3) is 0 Å². The van der Waals surface area contributed by atoms with E-state index in [-0.39, 0.29) is 6.10 Å². The van der Waals surface area contributed by atoms with Gasteiger partial charge in [-0.15, -0.1) is 12.3 Å². The Kier molecular flexibility index (Phi) is 1.92. The first-order chi connectivity index (χ1) is 4.33. The molecule has 1 atom stereocenters. The third-order valence-corrected chi connectivity index (χ3v) is 1.51. The first-order valence-electron chi connectivity index (χ1n) is 3.12. The Hall–Kier alpha value is -0.740. The zero-order chi connectivity index (χ0) is 6.69. The van der Waals surface area contributed by atoms with E-state index in [1.165, 1.54) is 5.57 Å². The fourth-order valence-corrected chi connectivity index (χ4v) is 1.05. The van der Waals surface area contributed by atoms with Gasteiger partial charge < -0.3 is 5.11 Å². The highest BCUT2D eigenvalue weighted by Gasteiger charge is 2.11. The van der Waals surface area contributed by atoms with Crippen molar-refractivity contribution in [1.29, 1.82) is 0 Å². The molecule has 1 N–H and O–H groups in total. The number of hydrogen-bond donors (Lipinski definition) is 1. The van der Waals surface area contributed by atoms with Crippen LogP contribution in [0.4, 0.5) is 0 Å². The lowest BCUT2D eigenvalue weighted by Gasteiger charge is -1.97. The zero-order valence-electron chi connectivity index (χ0n) is 5.30. The van der Waals surface area contributed by atoms with Gasteiger partial charge in [0.1, 0.15) is 0 Å². The summed E-state index contributed by atoms with van der Waals surface area (Å²) in [6.07, 6.45) is 9.23. The second-order valence-electron chi connectivity index (χ2n) is 2.34. The summed E-state index contributed by atoms with van der Waals surface area (Å²) in [4.78, 5) is 0. The smallest absolute Gasteiger partial charge is 0.0612 e. The normalized spacial score (nSPS) is 25.3. The van der Waals surface area contributed by atoms with E-state index in [1.54, 1.807) is 0 Å². The van der Waals surface area contributed by atoms with Crippen LogP contribution in [0.15, 0.2) is 11.6 Å². The van der Waals surface area contributed by atoms with Gasteiger partial charge in [0, 0.05) is 6.42 Å². The highest BCUT2D eigenvalue weighted by Crippen LogP contribution is 2.20. The Bertz CT molecular complexity index is 162. The van der Waals surface area contributed by atoms with Gasteiger partial charge in [-0.1, -0.05) is 11.6 Å². The van der Waals surface area contributed by atoms with Crippen LogP contribution in [0.3, 0.4) is 0 Å². The predicted octanol–water partition coefficient (Wildman–Crippen LogP) is 1.09. The van der Waals surface area contributed by atoms with E-state index in [2.05, 4.69) is 5.92 Å². The van der Waals surface area contributed by atoms with E-state index in [4.69, 9.17) is 11.5 Å². The standard InChI is InChI=1S/C8H10O/c1-2-3-7-4-5-8(9)6-7/h1,4,8-9H,3,5-6H2/t8-/m0/s1. The molecule has 0 saturated carbocycles. The summed E-state index contributed by atoms with van der Waals surface area (Å²) >= 11 is 0. The monoisotopic (exact) mass is 122 g/mol. The maximum absolute atomic E-state index is 9.01. The first-order valence-corrected chi connectivity index (χ1v) is 3.12. The van der Waals surface area contributed by atoms with Gasteiger partial charge in [0.2, 0.25) is 0 Å². The minimum atomic E-state index is -0.159. The summed E-state index contributed by atoms with van der Waals surface area (Å²) in [5.41, 5.74) is 1.21. The summed E-state index contributed by atoms with van der Waals surface area (Å²) in [5.74, 6) is 2.55. The molecule has 0 aromatic rings. The molecule has 0 saturated heterocycles. The minimum absolute atomic E-state index is 0.159. The van der Waals surface area contributed by atoms with Crippen LogP contribution < -0.4 is 0 Å². The summed E-state index contributed by atoms with van der Waals surface area (Å²) < 4.78 is 0. The lowest BCUT2D eigenvalue weighted by atomic mass is 10.2. The molecule has 0 fully saturated rings. The molecule has 1 nitrogen and oxygen atoms in total. The van der Waals surface area contributed by atoms with Crippen molar-refractivity contribution in [3.8, 4) is 12.3 Å². The van der Waals surface area contributed by atoms with Gasteiger partial charge in [0.05, 0.1) is 6.10 Å². The topological polar surface area (TPSA) is 20.2 Å². The lowest BCUT2D eigenvalue weighted by Crippen LogP contribution is -1.98. The van der Waals surface area contributed by atoms with Crippen LogP contribution in [0.1, 0.15) is 19.3 Å². The fourth-order valence-electron chi connectivity index (χ4n) is 1.05. The Balaban J connectivity index is 2.38. The Morgan fingerprint density at radius 2 is 2.67 bits per heavy atom. The van der Waals surface area contributed by atoms with Crippen LogP contribution in [0.2, 0.25) is 0 Å². The minimum Gasteiger partial charge on any atom is -0.392 e.